The summed E-state index contributed by atoms with van der Waals surface area (Å²) in [6, 6.07) is 1.20. The summed E-state index contributed by atoms with van der Waals surface area (Å²) in [4.78, 5) is 0. The molecule has 0 spiro atoms. The summed E-state index contributed by atoms with van der Waals surface area (Å²) in [5.41, 5.74) is 2.20. The minimum Gasteiger partial charge on any atom is -0.392 e. The summed E-state index contributed by atoms with van der Waals surface area (Å²) in [5.74, 6) is 0. The maximum Gasteiger partial charge on any atom is 0.0638 e. The van der Waals surface area contributed by atoms with E-state index in [2.05, 4.69) is 55.4 Å². The molecule has 1 heterocycles. The van der Waals surface area contributed by atoms with Gasteiger partial charge in [0.2, 0.25) is 0 Å². The fourth-order valence-corrected chi connectivity index (χ4v) is 10.8. The van der Waals surface area contributed by atoms with Crippen LogP contribution in [0.1, 0.15) is 61.8 Å². The van der Waals surface area contributed by atoms with Gasteiger partial charge in [0, 0.05) is 5.41 Å². The molecule has 2 atom stereocenters. The average Bonchev–Trinajstić information content (AvgIpc) is 2.29. The Bertz CT molecular complexity index is 288. The molecule has 120 valence electrons. The molecule has 0 bridgehead atoms. The molecular weight excluding hydrogens is 264 g/mol. The number of ether oxygens (including phenoxy) is 1. The normalized spacial score (nSPS) is 27.6. The Kier molecular flexibility index (Phi) is 5.90. The zero-order chi connectivity index (χ0) is 15.7. The van der Waals surface area contributed by atoms with Crippen molar-refractivity contribution in [2.45, 2.75) is 96.7 Å². The molecule has 0 radical (unpaired) electrons. The fraction of sp³-hybridized carbons (Fsp3) is 1.00. The predicted octanol–water partition coefficient (Wildman–Crippen LogP) is 4.84. The fourth-order valence-electron chi connectivity index (χ4n) is 4.31. The van der Waals surface area contributed by atoms with E-state index in [9.17, 15) is 5.11 Å². The molecule has 3 heteroatoms. The van der Waals surface area contributed by atoms with Gasteiger partial charge in [-0.2, -0.15) is 0 Å². The Morgan fingerprint density at radius 2 is 1.50 bits per heavy atom. The van der Waals surface area contributed by atoms with Crippen molar-refractivity contribution in [2.24, 2.45) is 5.41 Å². The van der Waals surface area contributed by atoms with Gasteiger partial charge in [0.1, 0.15) is 0 Å². The summed E-state index contributed by atoms with van der Waals surface area (Å²) in [7, 11) is -1.43. The van der Waals surface area contributed by atoms with Gasteiger partial charge in [-0.05, 0) is 12.5 Å². The quantitative estimate of drug-likeness (QED) is 0.736. The lowest BCUT2D eigenvalue weighted by atomic mass is 9.82. The van der Waals surface area contributed by atoms with E-state index in [1.165, 1.54) is 6.04 Å². The first kappa shape index (κ1) is 18.2. The molecule has 0 unspecified atom stereocenters. The topological polar surface area (TPSA) is 29.5 Å². The predicted molar refractivity (Wildman–Crippen MR) is 90.0 cm³/mol. The number of aliphatic hydroxyl groups excluding tert-OH is 1. The van der Waals surface area contributed by atoms with Crippen LogP contribution in [0.3, 0.4) is 0 Å². The molecule has 2 nitrogen and oxygen atoms in total. The van der Waals surface area contributed by atoms with Gasteiger partial charge in [-0.1, -0.05) is 72.0 Å². The molecule has 0 amide bonds. The SMILES string of the molecule is CC(C)[Si](C[C@@H]1C[C@H](O)C(C)(C)CO1)(C(C)C)C(C)C. The Morgan fingerprint density at radius 1 is 1.05 bits per heavy atom. The van der Waals surface area contributed by atoms with Crippen LogP contribution in [0.5, 0.6) is 0 Å². The standard InChI is InChI=1S/C17H36O2Si/c1-12(2)20(13(3)4,14(5)6)10-15-9-16(18)17(7,8)11-19-15/h12-16,18H,9-11H2,1-8H3/t15-,16-/m0/s1. The maximum atomic E-state index is 10.4. The largest absolute Gasteiger partial charge is 0.392 e. The van der Waals surface area contributed by atoms with E-state index < -0.39 is 8.07 Å². The number of hydrogen-bond donors (Lipinski definition) is 1. The van der Waals surface area contributed by atoms with Crippen molar-refractivity contribution in [1.29, 1.82) is 0 Å². The molecule has 1 aliphatic rings. The Hall–Kier alpha value is 0.137. The van der Waals surface area contributed by atoms with Gasteiger partial charge in [-0.15, -0.1) is 0 Å². The number of rotatable bonds is 5. The van der Waals surface area contributed by atoms with Gasteiger partial charge >= 0.3 is 0 Å². The van der Waals surface area contributed by atoms with Crippen molar-refractivity contribution < 1.29 is 9.84 Å². The second-order valence-electron chi connectivity index (χ2n) is 8.45. The van der Waals surface area contributed by atoms with E-state index in [4.69, 9.17) is 4.74 Å². The highest BCUT2D eigenvalue weighted by molar-refractivity contribution is 6.83. The van der Waals surface area contributed by atoms with Crippen molar-refractivity contribution in [1.82, 2.24) is 0 Å². The van der Waals surface area contributed by atoms with Crippen molar-refractivity contribution >= 4 is 8.07 Å². The minimum atomic E-state index is -1.43. The first-order chi connectivity index (χ1) is 9.04. The zero-order valence-electron chi connectivity index (χ0n) is 14.9. The van der Waals surface area contributed by atoms with E-state index in [1.54, 1.807) is 0 Å². The third-order valence-electron chi connectivity index (χ3n) is 5.89. The van der Waals surface area contributed by atoms with Crippen LogP contribution in [-0.4, -0.2) is 32.0 Å². The van der Waals surface area contributed by atoms with Crippen molar-refractivity contribution in [3.05, 3.63) is 0 Å². The molecular formula is C17H36O2Si. The van der Waals surface area contributed by atoms with E-state index in [-0.39, 0.29) is 17.6 Å². The monoisotopic (exact) mass is 300 g/mol. The Balaban J connectivity index is 2.87. The molecule has 0 aliphatic carbocycles. The molecule has 0 aromatic carbocycles. The van der Waals surface area contributed by atoms with Crippen LogP contribution in [0.15, 0.2) is 0 Å². The first-order valence-corrected chi connectivity index (χ1v) is 10.8. The second-order valence-corrected chi connectivity index (χ2v) is 14.6. The lowest BCUT2D eigenvalue weighted by Gasteiger charge is -2.48. The summed E-state index contributed by atoms with van der Waals surface area (Å²) < 4.78 is 6.14. The molecule has 20 heavy (non-hydrogen) atoms. The molecule has 0 aromatic heterocycles. The third kappa shape index (κ3) is 3.48. The number of aliphatic hydroxyl groups is 1. The third-order valence-corrected chi connectivity index (χ3v) is 13.5. The lowest BCUT2D eigenvalue weighted by molar-refractivity contribution is -0.115. The van der Waals surface area contributed by atoms with E-state index >= 15 is 0 Å². The van der Waals surface area contributed by atoms with Crippen LogP contribution in [0.2, 0.25) is 22.7 Å². The van der Waals surface area contributed by atoms with Crippen molar-refractivity contribution in [2.75, 3.05) is 6.61 Å². The van der Waals surface area contributed by atoms with Gasteiger partial charge in [0.05, 0.1) is 26.9 Å². The van der Waals surface area contributed by atoms with E-state index in [0.29, 0.717) is 6.61 Å². The smallest absolute Gasteiger partial charge is 0.0638 e. The van der Waals surface area contributed by atoms with Crippen LogP contribution in [-0.2, 0) is 4.74 Å². The van der Waals surface area contributed by atoms with Crippen LogP contribution in [0.25, 0.3) is 0 Å². The Labute approximate surface area is 127 Å². The highest BCUT2D eigenvalue weighted by Gasteiger charge is 2.46. The highest BCUT2D eigenvalue weighted by Crippen LogP contribution is 2.47. The van der Waals surface area contributed by atoms with Gasteiger partial charge in [0.25, 0.3) is 0 Å². The molecule has 1 rings (SSSR count). The molecule has 1 saturated heterocycles. The summed E-state index contributed by atoms with van der Waals surface area (Å²) >= 11 is 0. The lowest BCUT2D eigenvalue weighted by Crippen LogP contribution is -2.51. The molecule has 1 N–H and O–H groups in total. The van der Waals surface area contributed by atoms with Gasteiger partial charge < -0.3 is 9.84 Å². The van der Waals surface area contributed by atoms with Crippen molar-refractivity contribution in [3.8, 4) is 0 Å². The summed E-state index contributed by atoms with van der Waals surface area (Å²) in [6.45, 7) is 19.3. The van der Waals surface area contributed by atoms with Gasteiger partial charge in [-0.3, -0.25) is 0 Å². The second kappa shape index (κ2) is 6.49. The molecule has 0 saturated carbocycles. The van der Waals surface area contributed by atoms with Crippen molar-refractivity contribution in [3.63, 3.8) is 0 Å². The molecule has 0 aromatic rings. The van der Waals surface area contributed by atoms with Crippen LogP contribution in [0, 0.1) is 5.41 Å². The summed E-state index contributed by atoms with van der Waals surface area (Å²) in [6.07, 6.45) is 0.852. The van der Waals surface area contributed by atoms with Gasteiger partial charge in [-0.25, -0.2) is 0 Å². The maximum absolute atomic E-state index is 10.4. The minimum absolute atomic E-state index is 0.0891. The van der Waals surface area contributed by atoms with Crippen LogP contribution < -0.4 is 0 Å². The van der Waals surface area contributed by atoms with E-state index in [1.807, 2.05) is 0 Å². The Morgan fingerprint density at radius 3 is 1.85 bits per heavy atom. The van der Waals surface area contributed by atoms with Crippen LogP contribution in [0.4, 0.5) is 0 Å². The molecule has 1 fully saturated rings. The number of hydrogen-bond acceptors (Lipinski definition) is 2. The van der Waals surface area contributed by atoms with E-state index in [0.717, 1.165) is 23.0 Å². The highest BCUT2D eigenvalue weighted by atomic mass is 28.3. The first-order valence-electron chi connectivity index (χ1n) is 8.33. The van der Waals surface area contributed by atoms with Crippen LogP contribution >= 0.6 is 0 Å². The zero-order valence-corrected chi connectivity index (χ0v) is 15.9. The molecule has 1 aliphatic heterocycles. The van der Waals surface area contributed by atoms with Gasteiger partial charge in [0.15, 0.2) is 0 Å². The summed E-state index contributed by atoms with van der Waals surface area (Å²) in [5, 5.41) is 10.4. The average molecular weight is 301 g/mol.